The van der Waals surface area contributed by atoms with Crippen LogP contribution in [0, 0.1) is 5.82 Å². The van der Waals surface area contributed by atoms with Crippen molar-refractivity contribution in [1.82, 2.24) is 5.32 Å². The summed E-state index contributed by atoms with van der Waals surface area (Å²) in [6.07, 6.45) is 4.32. The van der Waals surface area contributed by atoms with Crippen LogP contribution in [0.15, 0.2) is 18.2 Å². The normalized spacial score (nSPS) is 16.3. The molecule has 20 heavy (non-hydrogen) atoms. The minimum absolute atomic E-state index is 0.201. The van der Waals surface area contributed by atoms with Gasteiger partial charge in [0.05, 0.1) is 11.1 Å². The van der Waals surface area contributed by atoms with Gasteiger partial charge in [0, 0.05) is 16.0 Å². The molecule has 0 spiro atoms. The Labute approximate surface area is 124 Å². The van der Waals surface area contributed by atoms with Gasteiger partial charge in [0.2, 0.25) is 0 Å². The highest BCUT2D eigenvalue weighted by atomic mass is 32.2. The van der Waals surface area contributed by atoms with Crippen molar-refractivity contribution in [1.29, 1.82) is 0 Å². The lowest BCUT2D eigenvalue weighted by atomic mass is 10.2. The number of anilines is 1. The van der Waals surface area contributed by atoms with Crippen LogP contribution >= 0.6 is 23.1 Å². The number of thioether (sulfide) groups is 1. The predicted octanol–water partition coefficient (Wildman–Crippen LogP) is 3.25. The maximum absolute atomic E-state index is 13.8. The first-order valence-electron chi connectivity index (χ1n) is 6.36. The van der Waals surface area contributed by atoms with Crippen molar-refractivity contribution in [2.24, 2.45) is 0 Å². The third-order valence-electron chi connectivity index (χ3n) is 3.72. The van der Waals surface area contributed by atoms with Crippen molar-refractivity contribution in [2.75, 3.05) is 18.5 Å². The van der Waals surface area contributed by atoms with E-state index in [0.717, 1.165) is 12.8 Å². The lowest BCUT2D eigenvalue weighted by molar-refractivity contribution is 0.0958. The number of carbonyl (C=O) groups is 1. The van der Waals surface area contributed by atoms with Crippen LogP contribution in [0.5, 0.6) is 0 Å². The van der Waals surface area contributed by atoms with Gasteiger partial charge in [-0.3, -0.25) is 4.79 Å². The van der Waals surface area contributed by atoms with E-state index < -0.39 is 0 Å². The van der Waals surface area contributed by atoms with E-state index in [1.165, 1.54) is 17.4 Å². The first-order valence-corrected chi connectivity index (χ1v) is 8.40. The monoisotopic (exact) mass is 310 g/mol. The Hall–Kier alpha value is -1.27. The standard InChI is InChI=1S/C14H15FN2OS2/c1-19-14(5-6-14)7-17-13(18)12-11(16)10-8(15)3-2-4-9(10)20-12/h2-4H,5-7,16H2,1H3,(H,17,18). The highest BCUT2D eigenvalue weighted by Crippen LogP contribution is 2.46. The summed E-state index contributed by atoms with van der Waals surface area (Å²) in [6, 6.07) is 4.77. The van der Waals surface area contributed by atoms with E-state index >= 15 is 0 Å². The molecule has 3 nitrogen and oxygen atoms in total. The van der Waals surface area contributed by atoms with Crippen molar-refractivity contribution in [3.8, 4) is 0 Å². The van der Waals surface area contributed by atoms with Crippen molar-refractivity contribution in [3.05, 3.63) is 28.9 Å². The Kier molecular flexibility index (Phi) is 3.38. The molecule has 6 heteroatoms. The molecule has 3 rings (SSSR count). The zero-order valence-electron chi connectivity index (χ0n) is 11.0. The highest BCUT2D eigenvalue weighted by Gasteiger charge is 2.42. The van der Waals surface area contributed by atoms with E-state index in [2.05, 4.69) is 11.6 Å². The van der Waals surface area contributed by atoms with Gasteiger partial charge < -0.3 is 11.1 Å². The molecular weight excluding hydrogens is 295 g/mol. The number of hydrogen-bond donors (Lipinski definition) is 2. The Morgan fingerprint density at radius 3 is 2.90 bits per heavy atom. The van der Waals surface area contributed by atoms with Crippen LogP contribution < -0.4 is 11.1 Å². The fraction of sp³-hybridized carbons (Fsp3) is 0.357. The maximum atomic E-state index is 13.8. The quantitative estimate of drug-likeness (QED) is 0.911. The first-order chi connectivity index (χ1) is 9.56. The third kappa shape index (κ3) is 2.27. The van der Waals surface area contributed by atoms with Crippen LogP contribution in [0.3, 0.4) is 0 Å². The van der Waals surface area contributed by atoms with Crippen LogP contribution in [0.2, 0.25) is 0 Å². The van der Waals surface area contributed by atoms with Gasteiger partial charge in [0.1, 0.15) is 10.7 Å². The van der Waals surface area contributed by atoms with Gasteiger partial charge >= 0.3 is 0 Å². The SMILES string of the molecule is CSC1(CNC(=O)c2sc3cccc(F)c3c2N)CC1. The smallest absolute Gasteiger partial charge is 0.263 e. The summed E-state index contributed by atoms with van der Waals surface area (Å²) < 4.78 is 14.7. The zero-order valence-corrected chi connectivity index (χ0v) is 12.7. The molecule has 1 aliphatic rings. The molecule has 3 N–H and O–H groups in total. The van der Waals surface area contributed by atoms with Crippen LogP contribution in [0.1, 0.15) is 22.5 Å². The number of nitrogens with two attached hydrogens (primary N) is 1. The van der Waals surface area contributed by atoms with E-state index in [0.29, 0.717) is 21.5 Å². The largest absolute Gasteiger partial charge is 0.397 e. The molecule has 1 fully saturated rings. The minimum atomic E-state index is -0.377. The van der Waals surface area contributed by atoms with E-state index in [-0.39, 0.29) is 22.2 Å². The second-order valence-corrected chi connectivity index (χ2v) is 7.35. The number of amides is 1. The van der Waals surface area contributed by atoms with E-state index in [1.807, 2.05) is 0 Å². The maximum Gasteiger partial charge on any atom is 0.263 e. The van der Waals surface area contributed by atoms with Crippen molar-refractivity contribution < 1.29 is 9.18 Å². The molecule has 1 heterocycles. The minimum Gasteiger partial charge on any atom is -0.397 e. The molecule has 1 aromatic heterocycles. The van der Waals surface area contributed by atoms with Gasteiger partial charge in [-0.15, -0.1) is 11.3 Å². The fourth-order valence-corrected chi connectivity index (χ4v) is 3.99. The Morgan fingerprint density at radius 1 is 1.55 bits per heavy atom. The van der Waals surface area contributed by atoms with Crippen LogP contribution in [-0.4, -0.2) is 23.5 Å². The number of halogens is 1. The topological polar surface area (TPSA) is 55.1 Å². The van der Waals surface area contributed by atoms with E-state index in [4.69, 9.17) is 5.73 Å². The van der Waals surface area contributed by atoms with E-state index in [9.17, 15) is 9.18 Å². The Balaban J connectivity index is 1.85. The van der Waals surface area contributed by atoms with Crippen LogP contribution in [-0.2, 0) is 0 Å². The third-order valence-corrected chi connectivity index (χ3v) is 6.31. The lowest BCUT2D eigenvalue weighted by Crippen LogP contribution is -2.31. The highest BCUT2D eigenvalue weighted by molar-refractivity contribution is 8.00. The van der Waals surface area contributed by atoms with Gasteiger partial charge in [0.15, 0.2) is 0 Å². The Bertz CT molecular complexity index is 679. The second kappa shape index (κ2) is 4.93. The zero-order chi connectivity index (χ0) is 14.3. The van der Waals surface area contributed by atoms with Crippen molar-refractivity contribution in [3.63, 3.8) is 0 Å². The van der Waals surface area contributed by atoms with Gasteiger partial charge in [0.25, 0.3) is 5.91 Å². The number of nitrogens with one attached hydrogen (secondary N) is 1. The first kappa shape index (κ1) is 13.7. The lowest BCUT2D eigenvalue weighted by Gasteiger charge is -2.12. The number of benzene rings is 1. The van der Waals surface area contributed by atoms with Gasteiger partial charge in [-0.1, -0.05) is 6.07 Å². The summed E-state index contributed by atoms with van der Waals surface area (Å²) >= 11 is 3.03. The molecule has 1 aliphatic carbocycles. The molecule has 0 atom stereocenters. The molecule has 1 amide bonds. The molecule has 0 aliphatic heterocycles. The number of fused-ring (bicyclic) bond motifs is 1. The fourth-order valence-electron chi connectivity index (χ4n) is 2.21. The molecule has 0 saturated heterocycles. The number of carbonyl (C=O) groups excluding carboxylic acids is 1. The molecule has 106 valence electrons. The predicted molar refractivity (Wildman–Crippen MR) is 84.0 cm³/mol. The number of rotatable bonds is 4. The molecule has 0 bridgehead atoms. The number of thiophene rings is 1. The number of hydrogen-bond acceptors (Lipinski definition) is 4. The molecule has 2 aromatic rings. The summed E-state index contributed by atoms with van der Waals surface area (Å²) in [5.74, 6) is -0.582. The molecular formula is C14H15FN2OS2. The van der Waals surface area contributed by atoms with Crippen LogP contribution in [0.4, 0.5) is 10.1 Å². The molecule has 0 radical (unpaired) electrons. The van der Waals surface area contributed by atoms with E-state index in [1.54, 1.807) is 23.9 Å². The van der Waals surface area contributed by atoms with Crippen LogP contribution in [0.25, 0.3) is 10.1 Å². The van der Waals surface area contributed by atoms with Gasteiger partial charge in [-0.05, 0) is 31.2 Å². The summed E-state index contributed by atoms with van der Waals surface area (Å²) in [4.78, 5) is 12.6. The number of nitrogen functional groups attached to an aromatic ring is 1. The van der Waals surface area contributed by atoms with Crippen molar-refractivity contribution in [2.45, 2.75) is 17.6 Å². The molecule has 1 aromatic carbocycles. The van der Waals surface area contributed by atoms with Gasteiger partial charge in [-0.2, -0.15) is 11.8 Å². The molecule has 0 unspecified atom stereocenters. The summed E-state index contributed by atoms with van der Waals surface area (Å²) in [5.41, 5.74) is 6.18. The summed E-state index contributed by atoms with van der Waals surface area (Å²) in [6.45, 7) is 0.642. The Morgan fingerprint density at radius 2 is 2.30 bits per heavy atom. The van der Waals surface area contributed by atoms with Gasteiger partial charge in [-0.25, -0.2) is 4.39 Å². The van der Waals surface area contributed by atoms with Crippen molar-refractivity contribution >= 4 is 44.8 Å². The average molecular weight is 310 g/mol. The molecule has 1 saturated carbocycles. The average Bonchev–Trinajstić information content (AvgIpc) is 3.15. The second-order valence-electron chi connectivity index (χ2n) is 5.03. The summed E-state index contributed by atoms with van der Waals surface area (Å²) in [5, 5.41) is 3.28. The summed E-state index contributed by atoms with van der Waals surface area (Å²) in [7, 11) is 0.